The highest BCUT2D eigenvalue weighted by Crippen LogP contribution is 2.31. The number of fused-ring (bicyclic) bond motifs is 1. The number of sulfonamides is 1. The molecule has 11 heteroatoms. The molecule has 2 heterocycles. The van der Waals surface area contributed by atoms with E-state index in [0.717, 1.165) is 12.0 Å². The second-order valence-electron chi connectivity index (χ2n) is 6.93. The Hall–Kier alpha value is -2.50. The van der Waals surface area contributed by atoms with Gasteiger partial charge in [0.05, 0.1) is 15.7 Å². The summed E-state index contributed by atoms with van der Waals surface area (Å²) >= 11 is 1.23. The number of carbonyl (C=O) groups is 1. The normalized spacial score (nSPS) is 13.8. The van der Waals surface area contributed by atoms with Crippen LogP contribution >= 0.6 is 11.8 Å². The van der Waals surface area contributed by atoms with Crippen LogP contribution in [0.1, 0.15) is 25.8 Å². The van der Waals surface area contributed by atoms with Crippen LogP contribution in [0.15, 0.2) is 46.5 Å². The summed E-state index contributed by atoms with van der Waals surface area (Å²) < 4.78 is 26.4. The number of nitro groups is 1. The maximum Gasteiger partial charge on any atom is 0.269 e. The first-order valence-electron chi connectivity index (χ1n) is 9.94. The fourth-order valence-corrected chi connectivity index (χ4v) is 5.61. The number of thioether (sulfide) groups is 1. The Bertz CT molecular complexity index is 1070. The topological polar surface area (TPSA) is 114 Å². The van der Waals surface area contributed by atoms with Crippen LogP contribution in [0.5, 0.6) is 0 Å². The van der Waals surface area contributed by atoms with E-state index in [4.69, 9.17) is 0 Å². The first kappa shape index (κ1) is 23.2. The van der Waals surface area contributed by atoms with Gasteiger partial charge in [-0.1, -0.05) is 25.6 Å². The molecule has 166 valence electrons. The molecule has 0 fully saturated rings. The fourth-order valence-electron chi connectivity index (χ4n) is 3.49. The third-order valence-electron chi connectivity index (χ3n) is 5.09. The molecule has 2 aromatic rings. The quantitative estimate of drug-likeness (QED) is 0.335. The van der Waals surface area contributed by atoms with Gasteiger partial charge in [-0.25, -0.2) is 13.4 Å². The first-order valence-corrected chi connectivity index (χ1v) is 12.4. The molecule has 0 unspecified atom stereocenters. The van der Waals surface area contributed by atoms with Gasteiger partial charge in [0.2, 0.25) is 15.9 Å². The van der Waals surface area contributed by atoms with Crippen LogP contribution < -0.4 is 4.90 Å². The summed E-state index contributed by atoms with van der Waals surface area (Å²) in [4.78, 5) is 29.3. The molecule has 0 saturated carbocycles. The van der Waals surface area contributed by atoms with Crippen LogP contribution in [0.2, 0.25) is 0 Å². The van der Waals surface area contributed by atoms with Crippen LogP contribution in [0.3, 0.4) is 0 Å². The molecule has 0 N–H and O–H groups in total. The number of aromatic nitrogens is 1. The number of aryl methyl sites for hydroxylation is 1. The summed E-state index contributed by atoms with van der Waals surface area (Å²) in [7, 11) is -3.57. The standard InChI is InChI=1S/C20H24N4O5S2/c1-3-22(4-2)31(28,29)17-8-10-19(21-13-17)30-14-20(25)23-11-5-6-15-12-16(24(26)27)7-9-18(15)23/h7-10,12-13H,3-6,11,14H2,1-2H3. The van der Waals surface area contributed by atoms with Crippen LogP contribution in [0, 0.1) is 10.1 Å². The second-order valence-corrected chi connectivity index (χ2v) is 9.86. The zero-order valence-corrected chi connectivity index (χ0v) is 19.0. The van der Waals surface area contributed by atoms with Gasteiger partial charge in [0.15, 0.2) is 0 Å². The number of nitro benzene ring substituents is 1. The van der Waals surface area contributed by atoms with E-state index in [1.165, 1.54) is 40.5 Å². The number of hydrogen-bond donors (Lipinski definition) is 0. The molecular weight excluding hydrogens is 440 g/mol. The molecule has 1 amide bonds. The lowest BCUT2D eigenvalue weighted by Gasteiger charge is -2.29. The molecule has 9 nitrogen and oxygen atoms in total. The molecule has 3 rings (SSSR count). The Kier molecular flexibility index (Phi) is 7.29. The van der Waals surface area contributed by atoms with Crippen molar-refractivity contribution in [3.8, 4) is 0 Å². The average Bonchev–Trinajstić information content (AvgIpc) is 2.77. The van der Waals surface area contributed by atoms with Gasteiger partial charge in [-0.15, -0.1) is 0 Å². The summed E-state index contributed by atoms with van der Waals surface area (Å²) in [5, 5.41) is 11.5. The monoisotopic (exact) mass is 464 g/mol. The highest BCUT2D eigenvalue weighted by Gasteiger charge is 2.25. The number of non-ortho nitro benzene ring substituents is 1. The van der Waals surface area contributed by atoms with E-state index in [-0.39, 0.29) is 22.2 Å². The molecule has 1 aliphatic rings. The number of pyridine rings is 1. The summed E-state index contributed by atoms with van der Waals surface area (Å²) in [6, 6.07) is 7.66. The maximum atomic E-state index is 12.8. The van der Waals surface area contributed by atoms with E-state index in [1.54, 1.807) is 30.9 Å². The van der Waals surface area contributed by atoms with E-state index in [1.807, 2.05) is 0 Å². The third-order valence-corrected chi connectivity index (χ3v) is 8.05. The Labute approximate surface area is 185 Å². The first-order chi connectivity index (χ1) is 14.8. The number of benzene rings is 1. The van der Waals surface area contributed by atoms with Gasteiger partial charge in [-0.2, -0.15) is 4.31 Å². The Balaban J connectivity index is 1.68. The minimum atomic E-state index is -3.57. The van der Waals surface area contributed by atoms with Gasteiger partial charge in [-0.3, -0.25) is 14.9 Å². The van der Waals surface area contributed by atoms with Crippen molar-refractivity contribution >= 4 is 39.1 Å². The number of hydrogen-bond acceptors (Lipinski definition) is 7. The van der Waals surface area contributed by atoms with Crippen molar-refractivity contribution in [2.45, 2.75) is 36.6 Å². The van der Waals surface area contributed by atoms with Gasteiger partial charge in [-0.05, 0) is 36.6 Å². The second kappa shape index (κ2) is 9.75. The molecule has 0 aliphatic carbocycles. The molecule has 0 atom stereocenters. The van der Waals surface area contributed by atoms with Crippen molar-refractivity contribution in [1.29, 1.82) is 0 Å². The Morgan fingerprint density at radius 3 is 2.61 bits per heavy atom. The number of rotatable bonds is 8. The molecule has 0 bridgehead atoms. The highest BCUT2D eigenvalue weighted by atomic mass is 32.2. The lowest BCUT2D eigenvalue weighted by Crippen LogP contribution is -2.36. The van der Waals surface area contributed by atoms with Crippen LogP contribution in [-0.2, 0) is 21.2 Å². The average molecular weight is 465 g/mol. The SMILES string of the molecule is CCN(CC)S(=O)(=O)c1ccc(SCC(=O)N2CCCc3cc([N+](=O)[O-])ccc32)nc1. The molecule has 0 radical (unpaired) electrons. The van der Waals surface area contributed by atoms with Crippen molar-refractivity contribution in [3.05, 3.63) is 52.2 Å². The van der Waals surface area contributed by atoms with Crippen LogP contribution in [0.25, 0.3) is 0 Å². The van der Waals surface area contributed by atoms with Gasteiger partial charge in [0.1, 0.15) is 4.90 Å². The minimum absolute atomic E-state index is 0.0198. The zero-order valence-electron chi connectivity index (χ0n) is 17.4. The third kappa shape index (κ3) is 5.05. The summed E-state index contributed by atoms with van der Waals surface area (Å²) in [6.45, 7) is 4.87. The van der Waals surface area contributed by atoms with Crippen molar-refractivity contribution in [3.63, 3.8) is 0 Å². The van der Waals surface area contributed by atoms with Crippen LogP contribution in [-0.4, -0.2) is 53.9 Å². The van der Waals surface area contributed by atoms with E-state index in [9.17, 15) is 23.3 Å². The van der Waals surface area contributed by atoms with Crippen LogP contribution in [0.4, 0.5) is 11.4 Å². The summed E-state index contributed by atoms with van der Waals surface area (Å²) in [5.74, 6) is 0.00686. The molecule has 1 aromatic heterocycles. The minimum Gasteiger partial charge on any atom is -0.311 e. The lowest BCUT2D eigenvalue weighted by atomic mass is 10.0. The predicted octanol–water partition coefficient (Wildman–Crippen LogP) is 3.09. The largest absolute Gasteiger partial charge is 0.311 e. The van der Waals surface area contributed by atoms with E-state index in [2.05, 4.69) is 4.98 Å². The Morgan fingerprint density at radius 1 is 1.26 bits per heavy atom. The summed E-state index contributed by atoms with van der Waals surface area (Å²) in [5.41, 5.74) is 1.52. The number of nitrogens with zero attached hydrogens (tertiary/aromatic N) is 4. The van der Waals surface area contributed by atoms with E-state index < -0.39 is 14.9 Å². The maximum absolute atomic E-state index is 12.8. The van der Waals surface area contributed by atoms with Gasteiger partial charge < -0.3 is 4.90 Å². The smallest absolute Gasteiger partial charge is 0.269 e. The predicted molar refractivity (Wildman–Crippen MR) is 119 cm³/mol. The van der Waals surface area contributed by atoms with Gasteiger partial charge in [0, 0.05) is 43.7 Å². The number of amides is 1. The number of anilines is 1. The Morgan fingerprint density at radius 2 is 2.00 bits per heavy atom. The molecule has 0 saturated heterocycles. The summed E-state index contributed by atoms with van der Waals surface area (Å²) in [6.07, 6.45) is 2.74. The molecule has 1 aromatic carbocycles. The van der Waals surface area contributed by atoms with Gasteiger partial charge in [0.25, 0.3) is 5.69 Å². The molecule has 31 heavy (non-hydrogen) atoms. The van der Waals surface area contributed by atoms with E-state index >= 15 is 0 Å². The number of carbonyl (C=O) groups excluding carboxylic acids is 1. The van der Waals surface area contributed by atoms with Crippen molar-refractivity contribution in [2.24, 2.45) is 0 Å². The lowest BCUT2D eigenvalue weighted by molar-refractivity contribution is -0.384. The molecule has 1 aliphatic heterocycles. The van der Waals surface area contributed by atoms with Crippen molar-refractivity contribution in [2.75, 3.05) is 30.3 Å². The highest BCUT2D eigenvalue weighted by molar-refractivity contribution is 7.99. The fraction of sp³-hybridized carbons (Fsp3) is 0.400. The van der Waals surface area contributed by atoms with Crippen molar-refractivity contribution in [1.82, 2.24) is 9.29 Å². The molecular formula is C20H24N4O5S2. The molecule has 0 spiro atoms. The van der Waals surface area contributed by atoms with E-state index in [0.29, 0.717) is 36.8 Å². The van der Waals surface area contributed by atoms with Crippen molar-refractivity contribution < 1.29 is 18.1 Å². The zero-order chi connectivity index (χ0) is 22.6. The van der Waals surface area contributed by atoms with Gasteiger partial charge >= 0.3 is 0 Å².